The summed E-state index contributed by atoms with van der Waals surface area (Å²) in [4.78, 5) is 7.25. The number of aryl methyl sites for hydroxylation is 2. The van der Waals surface area contributed by atoms with Crippen molar-refractivity contribution in [3.63, 3.8) is 0 Å². The van der Waals surface area contributed by atoms with E-state index in [1.165, 1.54) is 22.4 Å². The van der Waals surface area contributed by atoms with Crippen LogP contribution in [0.5, 0.6) is 0 Å². The SMILES string of the molecule is CCCN(CCC)c1ccc(-c2c(C)cc(Cl)cc2C(C)C)c2nc(N)n(C)c12. The molecule has 2 aromatic carbocycles. The fourth-order valence-electron chi connectivity index (χ4n) is 4.26. The van der Waals surface area contributed by atoms with Crippen molar-refractivity contribution in [2.45, 2.75) is 53.4 Å². The first-order valence-electron chi connectivity index (χ1n) is 10.6. The minimum atomic E-state index is 0.356. The van der Waals surface area contributed by atoms with Crippen molar-refractivity contribution in [2.75, 3.05) is 23.7 Å². The molecule has 1 heterocycles. The second kappa shape index (κ2) is 8.66. The predicted molar refractivity (Wildman–Crippen MR) is 127 cm³/mol. The first-order valence-corrected chi connectivity index (χ1v) is 11.0. The number of anilines is 2. The minimum Gasteiger partial charge on any atom is -0.370 e. The van der Waals surface area contributed by atoms with Gasteiger partial charge < -0.3 is 15.2 Å². The number of halogens is 1. The summed E-state index contributed by atoms with van der Waals surface area (Å²) in [6.45, 7) is 13.0. The molecule has 0 aliphatic carbocycles. The molecule has 5 heteroatoms. The number of aromatic nitrogens is 2. The maximum atomic E-state index is 6.39. The number of hydrogen-bond acceptors (Lipinski definition) is 3. The summed E-state index contributed by atoms with van der Waals surface area (Å²) in [6, 6.07) is 8.57. The first kappa shape index (κ1) is 21.5. The Hall–Kier alpha value is -2.20. The summed E-state index contributed by atoms with van der Waals surface area (Å²) in [5.41, 5.74) is 14.3. The van der Waals surface area contributed by atoms with Gasteiger partial charge in [0, 0.05) is 30.7 Å². The lowest BCUT2D eigenvalue weighted by Crippen LogP contribution is -2.25. The Kier molecular flexibility index (Phi) is 6.42. The lowest BCUT2D eigenvalue weighted by molar-refractivity contribution is 0.745. The van der Waals surface area contributed by atoms with Crippen LogP contribution in [-0.2, 0) is 7.05 Å². The molecule has 2 N–H and O–H groups in total. The van der Waals surface area contributed by atoms with Crippen LogP contribution >= 0.6 is 11.6 Å². The molecule has 3 aromatic rings. The van der Waals surface area contributed by atoms with Crippen LogP contribution in [0.1, 0.15) is 57.6 Å². The van der Waals surface area contributed by atoms with E-state index in [1.807, 2.05) is 17.7 Å². The summed E-state index contributed by atoms with van der Waals surface area (Å²) in [5, 5.41) is 0.778. The van der Waals surface area contributed by atoms with Gasteiger partial charge in [0.2, 0.25) is 5.95 Å². The number of nitrogens with two attached hydrogens (primary N) is 1. The largest absolute Gasteiger partial charge is 0.370 e. The van der Waals surface area contributed by atoms with E-state index in [4.69, 9.17) is 22.3 Å². The van der Waals surface area contributed by atoms with Crippen LogP contribution in [0.25, 0.3) is 22.2 Å². The molecule has 0 unspecified atom stereocenters. The maximum Gasteiger partial charge on any atom is 0.201 e. The quantitative estimate of drug-likeness (QED) is 0.479. The minimum absolute atomic E-state index is 0.356. The van der Waals surface area contributed by atoms with Crippen LogP contribution in [0.2, 0.25) is 5.02 Å². The summed E-state index contributed by atoms with van der Waals surface area (Å²) >= 11 is 6.39. The van der Waals surface area contributed by atoms with Gasteiger partial charge in [-0.2, -0.15) is 0 Å². The predicted octanol–water partition coefficient (Wildman–Crippen LogP) is 6.53. The number of nitrogens with zero attached hydrogens (tertiary/aromatic N) is 3. The van der Waals surface area contributed by atoms with Gasteiger partial charge in [-0.1, -0.05) is 39.3 Å². The molecule has 156 valence electrons. The second-order valence-electron chi connectivity index (χ2n) is 8.19. The third kappa shape index (κ3) is 3.95. The Morgan fingerprint density at radius 2 is 1.79 bits per heavy atom. The lowest BCUT2D eigenvalue weighted by atomic mass is 9.88. The molecule has 0 saturated heterocycles. The van der Waals surface area contributed by atoms with E-state index in [0.29, 0.717) is 11.9 Å². The van der Waals surface area contributed by atoms with Gasteiger partial charge in [-0.05, 0) is 66.6 Å². The van der Waals surface area contributed by atoms with Crippen LogP contribution < -0.4 is 10.6 Å². The van der Waals surface area contributed by atoms with Crippen LogP contribution in [0.15, 0.2) is 24.3 Å². The van der Waals surface area contributed by atoms with Crippen LogP contribution in [0.4, 0.5) is 11.6 Å². The molecule has 4 nitrogen and oxygen atoms in total. The van der Waals surface area contributed by atoms with Gasteiger partial charge in [-0.3, -0.25) is 0 Å². The van der Waals surface area contributed by atoms with E-state index >= 15 is 0 Å². The lowest BCUT2D eigenvalue weighted by Gasteiger charge is -2.26. The van der Waals surface area contributed by atoms with Crippen molar-refractivity contribution < 1.29 is 0 Å². The zero-order valence-corrected chi connectivity index (χ0v) is 19.3. The number of imidazole rings is 1. The molecular weight excluding hydrogens is 380 g/mol. The molecule has 0 radical (unpaired) electrons. The molecule has 29 heavy (non-hydrogen) atoms. The summed E-state index contributed by atoms with van der Waals surface area (Å²) in [5.74, 6) is 0.897. The highest BCUT2D eigenvalue weighted by molar-refractivity contribution is 6.30. The average molecular weight is 413 g/mol. The number of hydrogen-bond donors (Lipinski definition) is 1. The number of rotatable bonds is 7. The van der Waals surface area contributed by atoms with E-state index in [0.717, 1.165) is 47.6 Å². The van der Waals surface area contributed by atoms with Crippen LogP contribution in [0.3, 0.4) is 0 Å². The van der Waals surface area contributed by atoms with Gasteiger partial charge in [-0.25, -0.2) is 4.98 Å². The average Bonchev–Trinajstić information content (AvgIpc) is 2.96. The van der Waals surface area contributed by atoms with Gasteiger partial charge in [0.15, 0.2) is 0 Å². The van der Waals surface area contributed by atoms with Crippen molar-refractivity contribution in [3.8, 4) is 11.1 Å². The van der Waals surface area contributed by atoms with E-state index in [2.05, 4.69) is 57.7 Å². The third-order valence-corrected chi connectivity index (χ3v) is 5.80. The first-order chi connectivity index (χ1) is 13.8. The molecule has 0 fully saturated rings. The van der Waals surface area contributed by atoms with E-state index < -0.39 is 0 Å². The normalized spacial score (nSPS) is 11.6. The summed E-state index contributed by atoms with van der Waals surface area (Å²) in [7, 11) is 2.01. The standard InChI is InChI=1S/C24H33ClN4/c1-7-11-29(12-8-2)20-10-9-18(22-23(20)28(6)24(26)27-22)21-16(5)13-17(25)14-19(21)15(3)4/h9-10,13-15H,7-8,11-12H2,1-6H3,(H2,26,27). The van der Waals surface area contributed by atoms with Crippen molar-refractivity contribution >= 4 is 34.3 Å². The fourth-order valence-corrected chi connectivity index (χ4v) is 4.54. The molecule has 0 saturated carbocycles. The smallest absolute Gasteiger partial charge is 0.201 e. The molecule has 0 amide bonds. The highest BCUT2D eigenvalue weighted by Crippen LogP contribution is 2.41. The van der Waals surface area contributed by atoms with Crippen LogP contribution in [-0.4, -0.2) is 22.6 Å². The van der Waals surface area contributed by atoms with Gasteiger partial charge in [0.05, 0.1) is 11.2 Å². The monoisotopic (exact) mass is 412 g/mol. The Balaban J connectivity index is 2.34. The Morgan fingerprint density at radius 3 is 2.38 bits per heavy atom. The Labute approximate surface area is 179 Å². The Morgan fingerprint density at radius 1 is 1.14 bits per heavy atom. The van der Waals surface area contributed by atoms with E-state index in [1.54, 1.807) is 0 Å². The molecule has 1 aromatic heterocycles. The summed E-state index contributed by atoms with van der Waals surface area (Å²) < 4.78 is 2.02. The third-order valence-electron chi connectivity index (χ3n) is 5.59. The second-order valence-corrected chi connectivity index (χ2v) is 8.62. The number of nitrogen functional groups attached to an aromatic ring is 1. The molecule has 0 aliphatic heterocycles. The number of benzene rings is 2. The number of fused-ring (bicyclic) bond motifs is 1. The Bertz CT molecular complexity index is 1010. The molecule has 0 spiro atoms. The molecule has 0 bridgehead atoms. The van der Waals surface area contributed by atoms with Crippen molar-refractivity contribution in [3.05, 3.63) is 40.4 Å². The fraction of sp³-hybridized carbons (Fsp3) is 0.458. The topological polar surface area (TPSA) is 47.1 Å². The van der Waals surface area contributed by atoms with Crippen molar-refractivity contribution in [1.82, 2.24) is 9.55 Å². The van der Waals surface area contributed by atoms with Gasteiger partial charge in [0.25, 0.3) is 0 Å². The molecule has 0 aliphatic rings. The van der Waals surface area contributed by atoms with Gasteiger partial charge in [0.1, 0.15) is 5.52 Å². The molecular formula is C24H33ClN4. The van der Waals surface area contributed by atoms with Crippen molar-refractivity contribution in [1.29, 1.82) is 0 Å². The molecule has 3 rings (SSSR count). The van der Waals surface area contributed by atoms with E-state index in [9.17, 15) is 0 Å². The van der Waals surface area contributed by atoms with Crippen molar-refractivity contribution in [2.24, 2.45) is 7.05 Å². The maximum absolute atomic E-state index is 6.39. The van der Waals surface area contributed by atoms with Gasteiger partial charge >= 0.3 is 0 Å². The van der Waals surface area contributed by atoms with Gasteiger partial charge in [-0.15, -0.1) is 0 Å². The van der Waals surface area contributed by atoms with Crippen LogP contribution in [0, 0.1) is 6.92 Å². The zero-order chi connectivity index (χ0) is 21.3. The summed E-state index contributed by atoms with van der Waals surface area (Å²) in [6.07, 6.45) is 2.20. The van der Waals surface area contributed by atoms with E-state index in [-0.39, 0.29) is 0 Å². The highest BCUT2D eigenvalue weighted by atomic mass is 35.5. The highest BCUT2D eigenvalue weighted by Gasteiger charge is 2.21. The molecule has 0 atom stereocenters. The zero-order valence-electron chi connectivity index (χ0n) is 18.5.